The predicted octanol–water partition coefficient (Wildman–Crippen LogP) is 3.01. The summed E-state index contributed by atoms with van der Waals surface area (Å²) >= 11 is 0. The van der Waals surface area contributed by atoms with Crippen molar-refractivity contribution in [3.05, 3.63) is 59.9 Å². The second kappa shape index (κ2) is 9.14. The van der Waals surface area contributed by atoms with E-state index in [9.17, 15) is 17.6 Å². The smallest absolute Gasteiger partial charge is 0.243 e. The summed E-state index contributed by atoms with van der Waals surface area (Å²) in [7, 11) is -2.28. The van der Waals surface area contributed by atoms with E-state index in [1.54, 1.807) is 24.3 Å². The van der Waals surface area contributed by atoms with Crippen molar-refractivity contribution in [2.24, 2.45) is 11.8 Å². The molecule has 0 saturated carbocycles. The molecule has 0 bridgehead atoms. The molecule has 1 fully saturated rings. The molecular formula is C22H27FN2O4S. The number of carbonyl (C=O) groups is 1. The molecule has 2 aromatic rings. The molecular weight excluding hydrogens is 407 g/mol. The molecule has 1 N–H and O–H groups in total. The van der Waals surface area contributed by atoms with E-state index < -0.39 is 15.9 Å². The number of nitrogens with one attached hydrogen (secondary N) is 1. The molecule has 0 radical (unpaired) electrons. The number of benzene rings is 2. The fraction of sp³-hybridized carbons (Fsp3) is 0.409. The second-order valence-corrected chi connectivity index (χ2v) is 9.84. The summed E-state index contributed by atoms with van der Waals surface area (Å²) in [6.07, 6.45) is 0. The van der Waals surface area contributed by atoms with Gasteiger partial charge in [-0.1, -0.05) is 26.0 Å². The maximum absolute atomic E-state index is 13.4. The maximum Gasteiger partial charge on any atom is 0.243 e. The summed E-state index contributed by atoms with van der Waals surface area (Å²) in [5.74, 6) is -0.636. The number of rotatable bonds is 7. The normalized spacial score (nSPS) is 19.8. The lowest BCUT2D eigenvalue weighted by Crippen LogP contribution is -2.37. The number of hydrogen-bond acceptors (Lipinski definition) is 4. The number of amides is 1. The molecule has 1 amide bonds. The molecule has 0 spiro atoms. The molecule has 1 aliphatic rings. The summed E-state index contributed by atoms with van der Waals surface area (Å²) in [5, 5.41) is 2.91. The third kappa shape index (κ3) is 4.82. The Kier molecular flexibility index (Phi) is 6.77. The van der Waals surface area contributed by atoms with E-state index in [2.05, 4.69) is 5.32 Å². The Balaban J connectivity index is 1.89. The van der Waals surface area contributed by atoms with Crippen LogP contribution in [0.4, 0.5) is 4.39 Å². The van der Waals surface area contributed by atoms with Crippen LogP contribution in [0.5, 0.6) is 5.75 Å². The highest BCUT2D eigenvalue weighted by Gasteiger charge is 2.43. The fourth-order valence-corrected chi connectivity index (χ4v) is 5.10. The molecule has 1 aliphatic heterocycles. The first kappa shape index (κ1) is 22.2. The van der Waals surface area contributed by atoms with Crippen molar-refractivity contribution in [3.63, 3.8) is 0 Å². The minimum absolute atomic E-state index is 0.0698. The van der Waals surface area contributed by atoms with Gasteiger partial charge in [-0.15, -0.1) is 0 Å². The Labute approximate surface area is 177 Å². The van der Waals surface area contributed by atoms with Crippen LogP contribution in [0.2, 0.25) is 0 Å². The average molecular weight is 435 g/mol. The quantitative estimate of drug-likeness (QED) is 0.727. The monoisotopic (exact) mass is 434 g/mol. The highest BCUT2D eigenvalue weighted by molar-refractivity contribution is 7.89. The molecule has 2 aromatic carbocycles. The molecule has 0 unspecified atom stereocenters. The number of sulfonamides is 1. The molecule has 3 rings (SSSR count). The minimum Gasteiger partial charge on any atom is -0.497 e. The van der Waals surface area contributed by atoms with Crippen molar-refractivity contribution in [2.75, 3.05) is 26.7 Å². The van der Waals surface area contributed by atoms with Crippen molar-refractivity contribution >= 4 is 15.9 Å². The zero-order valence-electron chi connectivity index (χ0n) is 17.3. The lowest BCUT2D eigenvalue weighted by molar-refractivity contribution is -0.125. The first-order valence-corrected chi connectivity index (χ1v) is 11.3. The second-order valence-electron chi connectivity index (χ2n) is 7.90. The lowest BCUT2D eigenvalue weighted by Gasteiger charge is -2.19. The Morgan fingerprint density at radius 3 is 2.33 bits per heavy atom. The van der Waals surface area contributed by atoms with Crippen molar-refractivity contribution in [1.29, 1.82) is 0 Å². The van der Waals surface area contributed by atoms with Gasteiger partial charge in [0.05, 0.1) is 17.9 Å². The molecule has 162 valence electrons. The highest BCUT2D eigenvalue weighted by atomic mass is 32.2. The number of halogens is 1. The summed E-state index contributed by atoms with van der Waals surface area (Å²) in [5.41, 5.74) is 0.744. The van der Waals surface area contributed by atoms with Gasteiger partial charge in [-0.05, 0) is 47.9 Å². The number of ether oxygens (including phenoxy) is 1. The van der Waals surface area contributed by atoms with Gasteiger partial charge in [-0.3, -0.25) is 4.79 Å². The minimum atomic E-state index is -3.79. The van der Waals surface area contributed by atoms with E-state index in [-0.39, 0.29) is 41.5 Å². The van der Waals surface area contributed by atoms with Crippen LogP contribution in [0.1, 0.15) is 25.3 Å². The first-order valence-electron chi connectivity index (χ1n) is 9.89. The lowest BCUT2D eigenvalue weighted by atomic mass is 9.88. The molecule has 0 aliphatic carbocycles. The third-order valence-corrected chi connectivity index (χ3v) is 7.15. The van der Waals surface area contributed by atoms with Crippen LogP contribution < -0.4 is 10.1 Å². The van der Waals surface area contributed by atoms with Crippen LogP contribution in [0, 0.1) is 17.7 Å². The van der Waals surface area contributed by atoms with E-state index in [0.717, 1.165) is 5.56 Å². The van der Waals surface area contributed by atoms with Gasteiger partial charge in [0.1, 0.15) is 11.6 Å². The number of methoxy groups -OCH3 is 1. The van der Waals surface area contributed by atoms with Crippen LogP contribution in [-0.2, 0) is 14.8 Å². The van der Waals surface area contributed by atoms with Gasteiger partial charge >= 0.3 is 0 Å². The van der Waals surface area contributed by atoms with Crippen molar-refractivity contribution in [3.8, 4) is 5.75 Å². The summed E-state index contributed by atoms with van der Waals surface area (Å²) in [6, 6.07) is 12.1. The van der Waals surface area contributed by atoms with Gasteiger partial charge < -0.3 is 10.1 Å². The fourth-order valence-electron chi connectivity index (χ4n) is 3.61. The predicted molar refractivity (Wildman–Crippen MR) is 112 cm³/mol. The van der Waals surface area contributed by atoms with Gasteiger partial charge in [-0.2, -0.15) is 4.31 Å². The standard InChI is InChI=1S/C22H27FN2O4S/c1-15(2)12-24-22(26)21-14-25(13-20(21)16-4-6-17(23)7-5-16)30(27,28)19-10-8-18(29-3)9-11-19/h4-11,15,20-21H,12-14H2,1-3H3,(H,24,26)/t20-,21-/m1/s1. The Morgan fingerprint density at radius 1 is 1.13 bits per heavy atom. The SMILES string of the molecule is COc1ccc(S(=O)(=O)N2C[C@H](c3ccc(F)cc3)[C@H](C(=O)NCC(C)C)C2)cc1. The van der Waals surface area contributed by atoms with Crippen LogP contribution in [-0.4, -0.2) is 45.4 Å². The van der Waals surface area contributed by atoms with Crippen LogP contribution >= 0.6 is 0 Å². The topological polar surface area (TPSA) is 75.7 Å². The van der Waals surface area contributed by atoms with Crippen molar-refractivity contribution < 1.29 is 22.3 Å². The summed E-state index contributed by atoms with van der Waals surface area (Å²) in [4.78, 5) is 13.0. The highest BCUT2D eigenvalue weighted by Crippen LogP contribution is 2.36. The van der Waals surface area contributed by atoms with E-state index in [0.29, 0.717) is 12.3 Å². The number of nitrogens with zero attached hydrogens (tertiary/aromatic N) is 1. The van der Waals surface area contributed by atoms with Gasteiger partial charge in [0, 0.05) is 25.6 Å². The van der Waals surface area contributed by atoms with Gasteiger partial charge in [0.25, 0.3) is 0 Å². The van der Waals surface area contributed by atoms with Crippen molar-refractivity contribution in [1.82, 2.24) is 9.62 Å². The van der Waals surface area contributed by atoms with E-state index in [4.69, 9.17) is 4.74 Å². The summed E-state index contributed by atoms with van der Waals surface area (Å²) < 4.78 is 46.2. The zero-order chi connectivity index (χ0) is 21.9. The van der Waals surface area contributed by atoms with E-state index in [1.807, 2.05) is 13.8 Å². The van der Waals surface area contributed by atoms with E-state index >= 15 is 0 Å². The van der Waals surface area contributed by atoms with Gasteiger partial charge in [0.2, 0.25) is 15.9 Å². The Hall–Kier alpha value is -2.45. The Bertz CT molecular complexity index is 975. The van der Waals surface area contributed by atoms with Crippen LogP contribution in [0.15, 0.2) is 53.4 Å². The third-order valence-electron chi connectivity index (χ3n) is 5.30. The maximum atomic E-state index is 13.4. The van der Waals surface area contributed by atoms with Gasteiger partial charge in [-0.25, -0.2) is 12.8 Å². The molecule has 1 saturated heterocycles. The number of hydrogen-bond donors (Lipinski definition) is 1. The molecule has 8 heteroatoms. The molecule has 30 heavy (non-hydrogen) atoms. The van der Waals surface area contributed by atoms with Crippen LogP contribution in [0.3, 0.4) is 0 Å². The number of carbonyl (C=O) groups excluding carboxylic acids is 1. The van der Waals surface area contributed by atoms with E-state index in [1.165, 1.54) is 35.7 Å². The Morgan fingerprint density at radius 2 is 1.77 bits per heavy atom. The summed E-state index contributed by atoms with van der Waals surface area (Å²) in [6.45, 7) is 4.72. The molecule has 2 atom stereocenters. The average Bonchev–Trinajstić information content (AvgIpc) is 3.19. The largest absolute Gasteiger partial charge is 0.497 e. The molecule has 0 aromatic heterocycles. The molecule has 1 heterocycles. The zero-order valence-corrected chi connectivity index (χ0v) is 18.2. The molecule has 6 nitrogen and oxygen atoms in total. The first-order chi connectivity index (χ1) is 14.2. The van der Waals surface area contributed by atoms with Crippen molar-refractivity contribution in [2.45, 2.75) is 24.7 Å². The van der Waals surface area contributed by atoms with Gasteiger partial charge in [0.15, 0.2) is 0 Å². The van der Waals surface area contributed by atoms with Crippen LogP contribution in [0.25, 0.3) is 0 Å².